The molecule has 0 atom stereocenters. The minimum atomic E-state index is 0.282. The summed E-state index contributed by atoms with van der Waals surface area (Å²) in [6.45, 7) is 23.0. The van der Waals surface area contributed by atoms with Crippen LogP contribution in [0.2, 0.25) is 0 Å². The van der Waals surface area contributed by atoms with Crippen molar-refractivity contribution >= 4 is 129 Å². The normalized spacial score (nSPS) is 12.2. The van der Waals surface area contributed by atoms with Gasteiger partial charge in [-0.05, 0) is 168 Å². The second-order valence-electron chi connectivity index (χ2n) is 20.1. The molecule has 2 heterocycles. The van der Waals surface area contributed by atoms with Crippen molar-refractivity contribution in [3.05, 3.63) is 190 Å². The van der Waals surface area contributed by atoms with Crippen molar-refractivity contribution in [1.29, 1.82) is 0 Å². The summed E-state index contributed by atoms with van der Waals surface area (Å²) in [5, 5.41) is 13.2. The molecule has 0 fully saturated rings. The van der Waals surface area contributed by atoms with Crippen LogP contribution in [0.15, 0.2) is 146 Å². The zero-order valence-corrected chi connectivity index (χ0v) is 42.4. The van der Waals surface area contributed by atoms with Crippen molar-refractivity contribution in [2.75, 3.05) is 9.80 Å². The molecule has 12 rings (SSSR count). The summed E-state index contributed by atoms with van der Waals surface area (Å²) in [5.41, 5.74) is 17.6. The van der Waals surface area contributed by atoms with E-state index in [1.165, 1.54) is 151 Å². The molecule has 334 valence electrons. The molecule has 2 aromatic heterocycles. The number of aryl methyl sites for hydroxylation is 6. The molecule has 0 saturated heterocycles. The number of rotatable bonds is 8. The van der Waals surface area contributed by atoms with E-state index < -0.39 is 0 Å². The van der Waals surface area contributed by atoms with E-state index in [0.29, 0.717) is 0 Å². The van der Waals surface area contributed by atoms with Crippen LogP contribution in [0.3, 0.4) is 0 Å². The van der Waals surface area contributed by atoms with E-state index >= 15 is 0 Å². The molecule has 12 aromatic rings. The summed E-state index contributed by atoms with van der Waals surface area (Å²) in [5.74, 6) is 0.564. The molecule has 4 heteroatoms. The van der Waals surface area contributed by atoms with E-state index in [4.69, 9.17) is 0 Å². The van der Waals surface area contributed by atoms with Crippen molar-refractivity contribution in [1.82, 2.24) is 0 Å². The lowest BCUT2D eigenvalue weighted by molar-refractivity contribution is 0.875. The van der Waals surface area contributed by atoms with Gasteiger partial charge in [0.25, 0.3) is 0 Å². The maximum atomic E-state index is 2.63. The minimum absolute atomic E-state index is 0.282. The lowest BCUT2D eigenvalue weighted by Crippen LogP contribution is -2.15. The topological polar surface area (TPSA) is 6.48 Å². The van der Waals surface area contributed by atoms with Crippen LogP contribution in [0.4, 0.5) is 34.1 Å². The molecule has 0 bridgehead atoms. The Hall–Kier alpha value is -6.72. The van der Waals surface area contributed by atoms with Crippen LogP contribution in [0.1, 0.15) is 84.0 Å². The Labute approximate surface area is 408 Å². The maximum absolute atomic E-state index is 2.63. The lowest BCUT2D eigenvalue weighted by atomic mass is 9.84. The zero-order valence-electron chi connectivity index (χ0n) is 40.7. The van der Waals surface area contributed by atoms with Crippen LogP contribution >= 0.6 is 22.7 Å². The molecule has 0 radical (unpaired) electrons. The number of fused-ring (bicyclic) bond motifs is 6. The second-order valence-corrected chi connectivity index (χ2v) is 22.2. The monoisotopic (exact) mass is 916 g/mol. The molecular formula is C64H56N2S2. The molecule has 0 N–H and O–H groups in total. The molecule has 68 heavy (non-hydrogen) atoms. The molecule has 0 aliphatic heterocycles. The molecule has 2 nitrogen and oxygen atoms in total. The largest absolute Gasteiger partial charge is 0.308 e. The first-order valence-electron chi connectivity index (χ1n) is 24.2. The van der Waals surface area contributed by atoms with E-state index in [9.17, 15) is 0 Å². The Balaban J connectivity index is 1.24. The van der Waals surface area contributed by atoms with E-state index in [1.807, 2.05) is 22.7 Å². The van der Waals surface area contributed by atoms with E-state index in [-0.39, 0.29) is 11.8 Å². The number of hydrogen-bond donors (Lipinski definition) is 0. The van der Waals surface area contributed by atoms with Crippen molar-refractivity contribution < 1.29 is 0 Å². The second kappa shape index (κ2) is 15.9. The van der Waals surface area contributed by atoms with Crippen LogP contribution in [0.5, 0.6) is 0 Å². The van der Waals surface area contributed by atoms with Gasteiger partial charge in [0.15, 0.2) is 0 Å². The highest BCUT2D eigenvalue weighted by Crippen LogP contribution is 2.55. The quantitative estimate of drug-likeness (QED) is 0.140. The first kappa shape index (κ1) is 42.6. The Morgan fingerprint density at radius 3 is 1.09 bits per heavy atom. The van der Waals surface area contributed by atoms with Gasteiger partial charge in [0, 0.05) is 53.1 Å². The van der Waals surface area contributed by atoms with E-state index in [2.05, 4.69) is 225 Å². The van der Waals surface area contributed by atoms with E-state index in [1.54, 1.807) is 0 Å². The highest BCUT2D eigenvalue weighted by atomic mass is 32.1. The fourth-order valence-corrected chi connectivity index (χ4v) is 14.2. The van der Waals surface area contributed by atoms with Gasteiger partial charge in [-0.25, -0.2) is 0 Å². The highest BCUT2D eigenvalue weighted by molar-refractivity contribution is 7.26. The summed E-state index contributed by atoms with van der Waals surface area (Å²) in [4.78, 5) is 5.25. The predicted molar refractivity (Wildman–Crippen MR) is 302 cm³/mol. The first-order chi connectivity index (χ1) is 32.8. The van der Waals surface area contributed by atoms with Crippen LogP contribution in [-0.4, -0.2) is 0 Å². The maximum Gasteiger partial charge on any atom is 0.0669 e. The molecule has 10 aromatic carbocycles. The lowest BCUT2D eigenvalue weighted by Gasteiger charge is -2.33. The molecular weight excluding hydrogens is 861 g/mol. The molecule has 0 saturated carbocycles. The molecule has 0 unspecified atom stereocenters. The Morgan fingerprint density at radius 1 is 0.353 bits per heavy atom. The van der Waals surface area contributed by atoms with Crippen molar-refractivity contribution in [3.8, 4) is 0 Å². The zero-order chi connectivity index (χ0) is 46.9. The molecule has 0 aliphatic rings. The SMILES string of the molecule is Cc1cc(C)cc(N(c2cc(C(C)C)c3ccc4c(N(c5cc(C)cc(C)c5)c5c(C)ccc6c5sc5ccccc56)cc(C(C)C)c5ccc2c3c54)c2c(C)ccc3c2sc2ccccc23)c1. The number of benzene rings is 10. The van der Waals surface area contributed by atoms with Gasteiger partial charge in [0.1, 0.15) is 0 Å². The molecule has 0 aliphatic carbocycles. The van der Waals surface area contributed by atoms with Crippen molar-refractivity contribution in [2.45, 2.75) is 81.1 Å². The number of hydrogen-bond acceptors (Lipinski definition) is 4. The van der Waals surface area contributed by atoms with Gasteiger partial charge in [0.05, 0.1) is 32.1 Å². The summed E-state index contributed by atoms with van der Waals surface area (Å²) < 4.78 is 5.27. The fraction of sp³-hybridized carbons (Fsp3) is 0.188. The molecule has 0 spiro atoms. The van der Waals surface area contributed by atoms with Crippen LogP contribution in [0, 0.1) is 41.5 Å². The minimum Gasteiger partial charge on any atom is -0.308 e. The Bertz CT molecular complexity index is 3710. The average Bonchev–Trinajstić information content (AvgIpc) is 3.88. The summed E-state index contributed by atoms with van der Waals surface area (Å²) in [6.07, 6.45) is 0. The van der Waals surface area contributed by atoms with Gasteiger partial charge in [-0.2, -0.15) is 0 Å². The third-order valence-electron chi connectivity index (χ3n) is 14.5. The Kier molecular flexibility index (Phi) is 9.99. The van der Waals surface area contributed by atoms with Gasteiger partial charge >= 0.3 is 0 Å². The number of nitrogens with zero attached hydrogens (tertiary/aromatic N) is 2. The summed E-state index contributed by atoms with van der Waals surface area (Å²) >= 11 is 3.83. The summed E-state index contributed by atoms with van der Waals surface area (Å²) in [7, 11) is 0. The van der Waals surface area contributed by atoms with Crippen molar-refractivity contribution in [3.63, 3.8) is 0 Å². The van der Waals surface area contributed by atoms with Gasteiger partial charge in [0.2, 0.25) is 0 Å². The summed E-state index contributed by atoms with van der Waals surface area (Å²) in [6, 6.07) is 56.2. The third-order valence-corrected chi connectivity index (χ3v) is 16.9. The predicted octanol–water partition coefficient (Wildman–Crippen LogP) is 20.4. The van der Waals surface area contributed by atoms with Crippen LogP contribution in [-0.2, 0) is 0 Å². The van der Waals surface area contributed by atoms with E-state index in [0.717, 1.165) is 0 Å². The average molecular weight is 917 g/mol. The fourth-order valence-electron chi connectivity index (χ4n) is 11.6. The smallest absolute Gasteiger partial charge is 0.0669 e. The van der Waals surface area contributed by atoms with Crippen LogP contribution in [0.25, 0.3) is 72.7 Å². The number of thiophene rings is 2. The van der Waals surface area contributed by atoms with Gasteiger partial charge in [-0.3, -0.25) is 0 Å². The highest BCUT2D eigenvalue weighted by Gasteiger charge is 2.29. The number of anilines is 6. The van der Waals surface area contributed by atoms with Crippen molar-refractivity contribution in [2.24, 2.45) is 0 Å². The Morgan fingerprint density at radius 2 is 0.706 bits per heavy atom. The van der Waals surface area contributed by atoms with Gasteiger partial charge in [-0.15, -0.1) is 22.7 Å². The van der Waals surface area contributed by atoms with Crippen LogP contribution < -0.4 is 9.80 Å². The molecule has 0 amide bonds. The van der Waals surface area contributed by atoms with Gasteiger partial charge in [-0.1, -0.05) is 125 Å². The first-order valence-corrected chi connectivity index (χ1v) is 25.8. The van der Waals surface area contributed by atoms with Gasteiger partial charge < -0.3 is 9.80 Å². The third kappa shape index (κ3) is 6.55. The standard InChI is InChI=1S/C64H56N2S2/c1-35(2)53-33-55(65(43-29-37(5)27-38(6)30-43)61-41(9)19-21-49-45-15-11-13-17-57(45)67-63(49)61)51-26-24-48-54(36(3)4)34-56(52-25-23-47(53)59(51)60(48)52)66(44-31-39(7)28-40(8)32-44)62-42(10)20-22-50-46-16-12-14-18-58(46)68-64(50)62/h11-36H,1-10H3.